The first-order valence-corrected chi connectivity index (χ1v) is 7.43. The first kappa shape index (κ1) is 18.0. The van der Waals surface area contributed by atoms with Crippen molar-refractivity contribution in [1.82, 2.24) is 0 Å². The quantitative estimate of drug-likeness (QED) is 0.837. The van der Waals surface area contributed by atoms with Crippen molar-refractivity contribution in [1.29, 1.82) is 5.26 Å². The zero-order valence-corrected chi connectivity index (χ0v) is 13.9. The van der Waals surface area contributed by atoms with Crippen LogP contribution < -0.4 is 10.1 Å². The van der Waals surface area contributed by atoms with Gasteiger partial charge in [-0.1, -0.05) is 13.3 Å². The van der Waals surface area contributed by atoms with Crippen LogP contribution in [0.15, 0.2) is 18.2 Å². The molecule has 0 aliphatic heterocycles. The fourth-order valence-corrected chi connectivity index (χ4v) is 2.10. The van der Waals surface area contributed by atoms with Crippen molar-refractivity contribution in [3.05, 3.63) is 23.8 Å². The number of hydrogen-bond acceptors (Lipinski definition) is 4. The van der Waals surface area contributed by atoms with Crippen molar-refractivity contribution in [3.63, 3.8) is 0 Å². The Balaban J connectivity index is 2.95. The monoisotopic (exact) mass is 304 g/mol. The van der Waals surface area contributed by atoms with Crippen molar-refractivity contribution in [2.75, 3.05) is 12.4 Å². The molecular formula is C17H24N2O3. The van der Waals surface area contributed by atoms with Crippen LogP contribution in [0.1, 0.15) is 46.1 Å². The van der Waals surface area contributed by atoms with Crippen LogP contribution in [0.3, 0.4) is 0 Å². The van der Waals surface area contributed by atoms with Crippen molar-refractivity contribution in [3.8, 4) is 11.8 Å². The van der Waals surface area contributed by atoms with E-state index in [-0.39, 0.29) is 12.0 Å². The molecule has 120 valence electrons. The van der Waals surface area contributed by atoms with Gasteiger partial charge in [-0.15, -0.1) is 0 Å². The van der Waals surface area contributed by atoms with E-state index in [9.17, 15) is 10.1 Å². The molecule has 1 atom stereocenters. The maximum absolute atomic E-state index is 12.4. The van der Waals surface area contributed by atoms with Crippen molar-refractivity contribution >= 4 is 11.6 Å². The largest absolute Gasteiger partial charge is 0.490 e. The molecule has 0 spiro atoms. The van der Waals surface area contributed by atoms with Gasteiger partial charge in [0.25, 0.3) is 5.91 Å². The summed E-state index contributed by atoms with van der Waals surface area (Å²) in [5, 5.41) is 12.0. The van der Waals surface area contributed by atoms with Gasteiger partial charge in [0.05, 0.1) is 11.7 Å². The Kier molecular flexibility index (Phi) is 6.39. The average molecular weight is 304 g/mol. The maximum atomic E-state index is 12.4. The number of nitriles is 1. The van der Waals surface area contributed by atoms with Crippen LogP contribution >= 0.6 is 0 Å². The second kappa shape index (κ2) is 7.81. The van der Waals surface area contributed by atoms with E-state index < -0.39 is 5.60 Å². The SMILES string of the molecule is CCC[C@@](C)(OC)C(=O)Nc1ccc(OC(C)C)c(C#N)c1. The Morgan fingerprint density at radius 2 is 2.14 bits per heavy atom. The van der Waals surface area contributed by atoms with E-state index in [0.29, 0.717) is 23.4 Å². The fourth-order valence-electron chi connectivity index (χ4n) is 2.10. The summed E-state index contributed by atoms with van der Waals surface area (Å²) in [5.74, 6) is 0.289. The standard InChI is InChI=1S/C17H24N2O3/c1-6-9-17(4,21-5)16(20)19-14-7-8-15(22-12(2)3)13(10-14)11-18/h7-8,10,12H,6,9H2,1-5H3,(H,19,20)/t17-/m1/s1. The second-order valence-electron chi connectivity index (χ2n) is 5.63. The first-order valence-electron chi connectivity index (χ1n) is 7.43. The molecule has 1 aromatic rings. The second-order valence-corrected chi connectivity index (χ2v) is 5.63. The normalized spacial score (nSPS) is 13.3. The predicted molar refractivity (Wildman–Crippen MR) is 85.9 cm³/mol. The molecule has 1 rings (SSSR count). The summed E-state index contributed by atoms with van der Waals surface area (Å²) in [5.41, 5.74) is 0.0624. The van der Waals surface area contributed by atoms with Gasteiger partial charge in [-0.05, 0) is 45.4 Å². The zero-order valence-electron chi connectivity index (χ0n) is 13.9. The minimum Gasteiger partial charge on any atom is -0.490 e. The summed E-state index contributed by atoms with van der Waals surface area (Å²) in [6, 6.07) is 7.11. The van der Waals surface area contributed by atoms with Gasteiger partial charge < -0.3 is 14.8 Å². The molecule has 5 heteroatoms. The Morgan fingerprint density at radius 1 is 1.45 bits per heavy atom. The Hall–Kier alpha value is -2.06. The molecule has 0 radical (unpaired) electrons. The highest BCUT2D eigenvalue weighted by atomic mass is 16.5. The average Bonchev–Trinajstić information content (AvgIpc) is 2.48. The number of hydrogen-bond donors (Lipinski definition) is 1. The third kappa shape index (κ3) is 4.47. The first-order chi connectivity index (χ1) is 10.4. The van der Waals surface area contributed by atoms with E-state index in [2.05, 4.69) is 11.4 Å². The van der Waals surface area contributed by atoms with Gasteiger partial charge in [-0.3, -0.25) is 4.79 Å². The summed E-state index contributed by atoms with van der Waals surface area (Å²) < 4.78 is 10.9. The van der Waals surface area contributed by atoms with Crippen LogP contribution in [0.25, 0.3) is 0 Å². The van der Waals surface area contributed by atoms with Gasteiger partial charge >= 0.3 is 0 Å². The van der Waals surface area contributed by atoms with Gasteiger partial charge in [-0.25, -0.2) is 0 Å². The third-order valence-corrected chi connectivity index (χ3v) is 3.38. The van der Waals surface area contributed by atoms with Crippen LogP contribution in [0.2, 0.25) is 0 Å². The predicted octanol–water partition coefficient (Wildman–Crippen LogP) is 3.49. The Bertz CT molecular complexity index is 564. The topological polar surface area (TPSA) is 71.3 Å². The summed E-state index contributed by atoms with van der Waals surface area (Å²) in [6.07, 6.45) is 1.44. The molecule has 0 saturated heterocycles. The third-order valence-electron chi connectivity index (χ3n) is 3.38. The molecule has 0 fully saturated rings. The lowest BCUT2D eigenvalue weighted by atomic mass is 9.99. The summed E-state index contributed by atoms with van der Waals surface area (Å²) in [6.45, 7) is 7.54. The van der Waals surface area contributed by atoms with Gasteiger partial charge in [0.1, 0.15) is 17.4 Å². The molecule has 1 amide bonds. The van der Waals surface area contributed by atoms with Crippen molar-refractivity contribution < 1.29 is 14.3 Å². The van der Waals surface area contributed by atoms with Crippen molar-refractivity contribution in [2.45, 2.75) is 52.2 Å². The maximum Gasteiger partial charge on any atom is 0.256 e. The van der Waals surface area contributed by atoms with Crippen molar-refractivity contribution in [2.24, 2.45) is 0 Å². The van der Waals surface area contributed by atoms with Gasteiger partial charge in [-0.2, -0.15) is 5.26 Å². The van der Waals surface area contributed by atoms with Gasteiger partial charge in [0.15, 0.2) is 0 Å². The number of amides is 1. The Morgan fingerprint density at radius 3 is 2.64 bits per heavy atom. The van der Waals surface area contributed by atoms with E-state index in [4.69, 9.17) is 9.47 Å². The summed E-state index contributed by atoms with van der Waals surface area (Å²) in [7, 11) is 1.52. The van der Waals surface area contributed by atoms with E-state index in [0.717, 1.165) is 6.42 Å². The van der Waals surface area contributed by atoms with E-state index in [1.807, 2.05) is 20.8 Å². The number of anilines is 1. The number of rotatable bonds is 7. The van der Waals surface area contributed by atoms with Crippen LogP contribution in [-0.4, -0.2) is 24.7 Å². The highest BCUT2D eigenvalue weighted by molar-refractivity contribution is 5.97. The lowest BCUT2D eigenvalue weighted by Gasteiger charge is -2.26. The highest BCUT2D eigenvalue weighted by Crippen LogP contribution is 2.25. The molecule has 0 bridgehead atoms. The number of benzene rings is 1. The number of nitrogens with zero attached hydrogens (tertiary/aromatic N) is 1. The number of carbonyl (C=O) groups is 1. The molecule has 22 heavy (non-hydrogen) atoms. The number of methoxy groups -OCH3 is 1. The number of nitrogens with one attached hydrogen (secondary N) is 1. The van der Waals surface area contributed by atoms with Crippen LogP contribution in [0.4, 0.5) is 5.69 Å². The molecule has 1 N–H and O–H groups in total. The van der Waals surface area contributed by atoms with Gasteiger partial charge in [0, 0.05) is 12.8 Å². The number of carbonyl (C=O) groups excluding carboxylic acids is 1. The minimum atomic E-state index is -0.880. The van der Waals surface area contributed by atoms with Crippen LogP contribution in [0, 0.1) is 11.3 Å². The van der Waals surface area contributed by atoms with E-state index >= 15 is 0 Å². The minimum absolute atomic E-state index is 0.0196. The molecular weight excluding hydrogens is 280 g/mol. The molecule has 0 aliphatic carbocycles. The fraction of sp³-hybridized carbons (Fsp3) is 0.529. The molecule has 0 aromatic heterocycles. The summed E-state index contributed by atoms with van der Waals surface area (Å²) >= 11 is 0. The Labute approximate surface area is 132 Å². The molecule has 0 aliphatic rings. The van der Waals surface area contributed by atoms with E-state index in [1.54, 1.807) is 25.1 Å². The van der Waals surface area contributed by atoms with Crippen LogP contribution in [0.5, 0.6) is 5.75 Å². The zero-order chi connectivity index (χ0) is 16.8. The molecule has 5 nitrogen and oxygen atoms in total. The van der Waals surface area contributed by atoms with E-state index in [1.165, 1.54) is 7.11 Å². The smallest absolute Gasteiger partial charge is 0.256 e. The lowest BCUT2D eigenvalue weighted by molar-refractivity contribution is -0.136. The molecule has 0 heterocycles. The molecule has 1 aromatic carbocycles. The highest BCUT2D eigenvalue weighted by Gasteiger charge is 2.32. The molecule has 0 unspecified atom stereocenters. The van der Waals surface area contributed by atoms with Gasteiger partial charge in [0.2, 0.25) is 0 Å². The lowest BCUT2D eigenvalue weighted by Crippen LogP contribution is -2.41. The van der Waals surface area contributed by atoms with Crippen LogP contribution in [-0.2, 0) is 9.53 Å². The summed E-state index contributed by atoms with van der Waals surface area (Å²) in [4.78, 5) is 12.4. The number of ether oxygens (including phenoxy) is 2. The molecule has 0 saturated carbocycles.